The molecule has 0 saturated carbocycles. The Morgan fingerprint density at radius 1 is 1.23 bits per heavy atom. The molecule has 7 nitrogen and oxygen atoms in total. The number of nitrogens with zero attached hydrogens (tertiary/aromatic N) is 4. The summed E-state index contributed by atoms with van der Waals surface area (Å²) in [6.07, 6.45) is 11.4. The third-order valence-electron chi connectivity index (χ3n) is 6.91. The molecule has 3 heterocycles. The number of rotatable bonds is 11. The highest BCUT2D eigenvalue weighted by Crippen LogP contribution is 2.40. The summed E-state index contributed by atoms with van der Waals surface area (Å²) >= 11 is 8.24. The normalized spacial score (nSPS) is 15.8. The molecule has 1 N–H and O–H groups in total. The molecule has 186 valence electrons. The van der Waals surface area contributed by atoms with Gasteiger partial charge < -0.3 is 14.7 Å². The number of carbonyl (C=O) groups is 1. The number of hydrogen-bond donors (Lipinski definition) is 1. The van der Waals surface area contributed by atoms with Gasteiger partial charge in [-0.1, -0.05) is 11.6 Å². The molecular formula is C26H31ClN4O3S. The lowest BCUT2D eigenvalue weighted by atomic mass is 9.72. The van der Waals surface area contributed by atoms with Crippen molar-refractivity contribution in [1.29, 1.82) is 0 Å². The van der Waals surface area contributed by atoms with E-state index in [0.29, 0.717) is 5.02 Å². The Labute approximate surface area is 215 Å². The standard InChI is InChI=1S/C26H31ClN4O3S/c1-34-19-4-5-23-21(15-19)20(22(27)17-30-23)3-2-6-26(16-25(32)33)7-11-31(12-8-26)13-14-35-24-18-28-9-10-29-24/h4-5,9-10,15,17-18H,2-3,6-8,11-14,16H2,1H3,(H,32,33). The number of carboxylic acids is 1. The maximum Gasteiger partial charge on any atom is 0.303 e. The van der Waals surface area contributed by atoms with Crippen LogP contribution in [0.15, 0.2) is 48.0 Å². The third-order valence-corrected chi connectivity index (χ3v) is 8.13. The minimum Gasteiger partial charge on any atom is -0.497 e. The molecule has 4 rings (SSSR count). The van der Waals surface area contributed by atoms with E-state index in [9.17, 15) is 9.90 Å². The van der Waals surface area contributed by atoms with Crippen LogP contribution >= 0.6 is 23.4 Å². The Morgan fingerprint density at radius 3 is 2.77 bits per heavy atom. The van der Waals surface area contributed by atoms with Crippen molar-refractivity contribution in [2.24, 2.45) is 5.41 Å². The zero-order valence-electron chi connectivity index (χ0n) is 20.0. The molecule has 35 heavy (non-hydrogen) atoms. The summed E-state index contributed by atoms with van der Waals surface area (Å²) in [7, 11) is 1.65. The van der Waals surface area contributed by atoms with Crippen molar-refractivity contribution < 1.29 is 14.6 Å². The summed E-state index contributed by atoms with van der Waals surface area (Å²) in [4.78, 5) is 27.0. The zero-order chi connectivity index (χ0) is 24.7. The number of likely N-dealkylation sites (tertiary alicyclic amines) is 1. The number of aliphatic carboxylic acids is 1. The number of pyridine rings is 1. The van der Waals surface area contributed by atoms with Crippen LogP contribution in [0.2, 0.25) is 5.02 Å². The second-order valence-electron chi connectivity index (χ2n) is 9.13. The number of carboxylic acid groups (broad SMARTS) is 1. The van der Waals surface area contributed by atoms with Crippen LogP contribution < -0.4 is 4.74 Å². The van der Waals surface area contributed by atoms with E-state index in [0.717, 1.165) is 84.7 Å². The molecule has 1 aliphatic heterocycles. The van der Waals surface area contributed by atoms with Gasteiger partial charge in [-0.2, -0.15) is 0 Å². The third kappa shape index (κ3) is 6.84. The predicted molar refractivity (Wildman–Crippen MR) is 139 cm³/mol. The lowest BCUT2D eigenvalue weighted by Gasteiger charge is -2.41. The van der Waals surface area contributed by atoms with Crippen molar-refractivity contribution in [2.45, 2.75) is 43.6 Å². The number of benzene rings is 1. The maximum atomic E-state index is 11.7. The van der Waals surface area contributed by atoms with Crippen LogP contribution in [0.3, 0.4) is 0 Å². The van der Waals surface area contributed by atoms with Gasteiger partial charge in [-0.15, -0.1) is 11.8 Å². The highest BCUT2D eigenvalue weighted by Gasteiger charge is 2.36. The smallest absolute Gasteiger partial charge is 0.303 e. The van der Waals surface area contributed by atoms with E-state index >= 15 is 0 Å². The topological polar surface area (TPSA) is 88.4 Å². The van der Waals surface area contributed by atoms with Crippen LogP contribution in [-0.2, 0) is 11.2 Å². The van der Waals surface area contributed by atoms with Crippen molar-refractivity contribution in [3.05, 3.63) is 53.6 Å². The number of piperidine rings is 1. The number of fused-ring (bicyclic) bond motifs is 1. The number of halogens is 1. The van der Waals surface area contributed by atoms with Gasteiger partial charge in [0.2, 0.25) is 0 Å². The largest absolute Gasteiger partial charge is 0.497 e. The van der Waals surface area contributed by atoms with E-state index in [1.165, 1.54) is 0 Å². The second-order valence-corrected chi connectivity index (χ2v) is 10.6. The Kier molecular flexibility index (Phi) is 8.81. The lowest BCUT2D eigenvalue weighted by molar-refractivity contribution is -0.140. The fraction of sp³-hybridized carbons (Fsp3) is 0.462. The molecule has 1 aliphatic rings. The van der Waals surface area contributed by atoms with E-state index in [1.54, 1.807) is 43.7 Å². The van der Waals surface area contributed by atoms with E-state index in [-0.39, 0.29) is 11.8 Å². The minimum absolute atomic E-state index is 0.173. The van der Waals surface area contributed by atoms with Crippen LogP contribution in [0.4, 0.5) is 0 Å². The molecule has 1 saturated heterocycles. The molecule has 0 bridgehead atoms. The van der Waals surface area contributed by atoms with Crippen molar-refractivity contribution in [1.82, 2.24) is 19.9 Å². The van der Waals surface area contributed by atoms with Gasteiger partial charge in [0, 0.05) is 36.3 Å². The van der Waals surface area contributed by atoms with Gasteiger partial charge in [0.25, 0.3) is 0 Å². The zero-order valence-corrected chi connectivity index (χ0v) is 21.5. The molecule has 3 aromatic rings. The molecule has 1 aromatic carbocycles. The first-order chi connectivity index (χ1) is 17.0. The van der Waals surface area contributed by atoms with Crippen molar-refractivity contribution in [2.75, 3.05) is 32.5 Å². The Bertz CT molecular complexity index is 1140. The van der Waals surface area contributed by atoms with Crippen LogP contribution in [-0.4, -0.2) is 63.4 Å². The van der Waals surface area contributed by atoms with Crippen LogP contribution in [0.5, 0.6) is 5.75 Å². The molecule has 0 amide bonds. The number of aromatic nitrogens is 3. The number of aryl methyl sites for hydroxylation is 1. The molecule has 2 aromatic heterocycles. The van der Waals surface area contributed by atoms with E-state index < -0.39 is 5.97 Å². The van der Waals surface area contributed by atoms with Gasteiger partial charge in [0.1, 0.15) is 10.8 Å². The van der Waals surface area contributed by atoms with E-state index in [4.69, 9.17) is 16.3 Å². The fourth-order valence-corrected chi connectivity index (χ4v) is 6.02. The summed E-state index contributed by atoms with van der Waals surface area (Å²) in [6, 6.07) is 5.82. The second kappa shape index (κ2) is 12.0. The SMILES string of the molecule is COc1ccc2ncc(Cl)c(CCCC3(CC(=O)O)CCN(CCSc4cnccn4)CC3)c2c1. The molecule has 0 aliphatic carbocycles. The van der Waals surface area contributed by atoms with Crippen LogP contribution in [0, 0.1) is 5.41 Å². The highest BCUT2D eigenvalue weighted by molar-refractivity contribution is 7.99. The number of thioether (sulfide) groups is 1. The summed E-state index contributed by atoms with van der Waals surface area (Å²) in [5, 5.41) is 12.2. The molecule has 0 atom stereocenters. The Morgan fingerprint density at radius 2 is 2.06 bits per heavy atom. The quantitative estimate of drug-likeness (QED) is 0.342. The van der Waals surface area contributed by atoms with Crippen molar-refractivity contribution in [3.63, 3.8) is 0 Å². The molecular weight excluding hydrogens is 484 g/mol. The van der Waals surface area contributed by atoms with Gasteiger partial charge >= 0.3 is 5.97 Å². The lowest BCUT2D eigenvalue weighted by Crippen LogP contribution is -2.42. The highest BCUT2D eigenvalue weighted by atomic mass is 35.5. The summed E-state index contributed by atoms with van der Waals surface area (Å²) in [6.45, 7) is 2.81. The van der Waals surface area contributed by atoms with Gasteiger partial charge in [-0.05, 0) is 74.4 Å². The molecule has 0 spiro atoms. The van der Waals surface area contributed by atoms with Gasteiger partial charge in [-0.25, -0.2) is 4.98 Å². The van der Waals surface area contributed by atoms with Crippen LogP contribution in [0.1, 0.15) is 37.7 Å². The van der Waals surface area contributed by atoms with Crippen LogP contribution in [0.25, 0.3) is 10.9 Å². The number of methoxy groups -OCH3 is 1. The predicted octanol–water partition coefficient (Wildman–Crippen LogP) is 5.36. The Hall–Kier alpha value is -2.42. The first-order valence-corrected chi connectivity index (χ1v) is 13.3. The minimum atomic E-state index is -0.714. The van der Waals surface area contributed by atoms with Crippen molar-refractivity contribution in [3.8, 4) is 5.75 Å². The van der Waals surface area contributed by atoms with E-state index in [1.807, 2.05) is 18.2 Å². The molecule has 9 heteroatoms. The summed E-state index contributed by atoms with van der Waals surface area (Å²) < 4.78 is 5.39. The number of ether oxygens (including phenoxy) is 1. The number of hydrogen-bond acceptors (Lipinski definition) is 7. The average molecular weight is 515 g/mol. The monoisotopic (exact) mass is 514 g/mol. The van der Waals surface area contributed by atoms with Gasteiger partial charge in [0.15, 0.2) is 0 Å². The van der Waals surface area contributed by atoms with E-state index in [2.05, 4.69) is 19.9 Å². The molecule has 0 unspecified atom stereocenters. The first-order valence-electron chi connectivity index (χ1n) is 11.9. The van der Waals surface area contributed by atoms with Crippen molar-refractivity contribution >= 4 is 40.2 Å². The van der Waals surface area contributed by atoms with Gasteiger partial charge in [0.05, 0.1) is 30.3 Å². The molecule has 0 radical (unpaired) electrons. The fourth-order valence-electron chi connectivity index (χ4n) is 4.95. The summed E-state index contributed by atoms with van der Waals surface area (Å²) in [5.74, 6) is 1.01. The first kappa shape index (κ1) is 25.7. The van der Waals surface area contributed by atoms with Gasteiger partial charge in [-0.3, -0.25) is 14.8 Å². The average Bonchev–Trinajstić information content (AvgIpc) is 2.86. The maximum absolute atomic E-state index is 11.7. The summed E-state index contributed by atoms with van der Waals surface area (Å²) in [5.41, 5.74) is 1.77. The Balaban J connectivity index is 1.35. The molecule has 1 fully saturated rings.